The second kappa shape index (κ2) is 7.71. The molecular weight excluding hydrogens is 296 g/mol. The number of rotatable bonds is 5. The maximum Gasteiger partial charge on any atom is 0.119 e. The predicted octanol–water partition coefficient (Wildman–Crippen LogP) is 4.02. The standard InChI is InChI=1S/C21H33N2O/c1-4-23(2)15-13-22(14-16-23)21(18-9-6-5-7-10-18)19-11-8-12-20(17-19)24-3/h8-9,11-12,17,21H,4-7,10,13-16H2,1-3H3/q+1. The minimum absolute atomic E-state index is 0.436. The first-order chi connectivity index (χ1) is 11.6. The van der Waals surface area contributed by atoms with E-state index in [0.717, 1.165) is 5.75 Å². The van der Waals surface area contributed by atoms with E-state index in [4.69, 9.17) is 4.74 Å². The molecule has 1 heterocycles. The van der Waals surface area contributed by atoms with Crippen LogP contribution < -0.4 is 4.74 Å². The summed E-state index contributed by atoms with van der Waals surface area (Å²) < 4.78 is 6.70. The zero-order chi connectivity index (χ0) is 17.0. The summed E-state index contributed by atoms with van der Waals surface area (Å²) in [6, 6.07) is 9.15. The van der Waals surface area contributed by atoms with Gasteiger partial charge in [0.15, 0.2) is 0 Å². The molecule has 0 spiro atoms. The Morgan fingerprint density at radius 1 is 1.21 bits per heavy atom. The summed E-state index contributed by atoms with van der Waals surface area (Å²) in [6.07, 6.45) is 7.68. The summed E-state index contributed by atoms with van der Waals surface area (Å²) in [5.74, 6) is 0.972. The largest absolute Gasteiger partial charge is 0.497 e. The van der Waals surface area contributed by atoms with E-state index < -0.39 is 0 Å². The summed E-state index contributed by atoms with van der Waals surface area (Å²) in [5, 5.41) is 0. The second-order valence-electron chi connectivity index (χ2n) is 7.62. The molecule has 1 aromatic rings. The van der Waals surface area contributed by atoms with Crippen LogP contribution in [-0.2, 0) is 0 Å². The Kier molecular flexibility index (Phi) is 5.62. The molecular formula is C21H33N2O+. The quantitative estimate of drug-likeness (QED) is 0.597. The number of ether oxygens (including phenoxy) is 1. The van der Waals surface area contributed by atoms with Crippen LogP contribution in [0.2, 0.25) is 0 Å². The number of likely N-dealkylation sites (N-methyl/N-ethyl adjacent to an activating group) is 1. The smallest absolute Gasteiger partial charge is 0.119 e. The van der Waals surface area contributed by atoms with E-state index in [0.29, 0.717) is 6.04 Å². The van der Waals surface area contributed by atoms with Gasteiger partial charge in [0.25, 0.3) is 0 Å². The lowest BCUT2D eigenvalue weighted by Gasteiger charge is -2.45. The fourth-order valence-corrected chi connectivity index (χ4v) is 4.12. The van der Waals surface area contributed by atoms with Crippen molar-refractivity contribution in [1.29, 1.82) is 0 Å². The predicted molar refractivity (Wildman–Crippen MR) is 100 cm³/mol. The van der Waals surface area contributed by atoms with Gasteiger partial charge >= 0.3 is 0 Å². The summed E-state index contributed by atoms with van der Waals surface area (Å²) >= 11 is 0. The van der Waals surface area contributed by atoms with Gasteiger partial charge in [-0.15, -0.1) is 0 Å². The first-order valence-corrected chi connectivity index (χ1v) is 9.56. The molecule has 1 atom stereocenters. The van der Waals surface area contributed by atoms with Gasteiger partial charge in [0.1, 0.15) is 5.75 Å². The fourth-order valence-electron chi connectivity index (χ4n) is 4.12. The number of hydrogen-bond donors (Lipinski definition) is 0. The van der Waals surface area contributed by atoms with Crippen LogP contribution in [0.25, 0.3) is 0 Å². The third kappa shape index (κ3) is 3.84. The van der Waals surface area contributed by atoms with Gasteiger partial charge in [0, 0.05) is 13.1 Å². The highest BCUT2D eigenvalue weighted by Crippen LogP contribution is 2.36. The minimum atomic E-state index is 0.436. The number of nitrogens with zero attached hydrogens (tertiary/aromatic N) is 2. The molecule has 0 bridgehead atoms. The lowest BCUT2D eigenvalue weighted by molar-refractivity contribution is -0.912. The van der Waals surface area contributed by atoms with Gasteiger partial charge in [-0.2, -0.15) is 0 Å². The van der Waals surface area contributed by atoms with Gasteiger partial charge in [0.05, 0.1) is 39.8 Å². The van der Waals surface area contributed by atoms with E-state index in [-0.39, 0.29) is 0 Å². The molecule has 0 N–H and O–H groups in total. The number of allylic oxidation sites excluding steroid dienone is 1. The Bertz CT molecular complexity index is 573. The Balaban J connectivity index is 1.86. The Labute approximate surface area is 147 Å². The molecule has 3 nitrogen and oxygen atoms in total. The van der Waals surface area contributed by atoms with Crippen LogP contribution in [-0.4, -0.2) is 56.3 Å². The molecule has 2 aliphatic rings. The number of methoxy groups -OCH3 is 1. The second-order valence-corrected chi connectivity index (χ2v) is 7.62. The normalized spacial score (nSPS) is 22.7. The highest BCUT2D eigenvalue weighted by molar-refractivity contribution is 5.35. The molecule has 1 aliphatic heterocycles. The van der Waals surface area contributed by atoms with Crippen molar-refractivity contribution in [3.8, 4) is 5.75 Å². The molecule has 1 fully saturated rings. The topological polar surface area (TPSA) is 12.5 Å². The molecule has 0 radical (unpaired) electrons. The van der Waals surface area contributed by atoms with Crippen molar-refractivity contribution in [2.75, 3.05) is 46.9 Å². The van der Waals surface area contributed by atoms with Gasteiger partial charge in [-0.1, -0.05) is 23.8 Å². The molecule has 1 unspecified atom stereocenters. The SMILES string of the molecule is CC[N+]1(C)CCN(C(C2=CCCCC2)c2cccc(OC)c2)CC1. The summed E-state index contributed by atoms with van der Waals surface area (Å²) in [6.45, 7) is 8.43. The lowest BCUT2D eigenvalue weighted by Crippen LogP contribution is -2.57. The average Bonchev–Trinajstić information content (AvgIpc) is 2.65. The molecule has 3 heteroatoms. The number of hydrogen-bond acceptors (Lipinski definition) is 2. The van der Waals surface area contributed by atoms with Crippen molar-refractivity contribution >= 4 is 0 Å². The third-order valence-corrected chi connectivity index (χ3v) is 6.07. The van der Waals surface area contributed by atoms with Crippen LogP contribution >= 0.6 is 0 Å². The Morgan fingerprint density at radius 2 is 2.00 bits per heavy atom. The van der Waals surface area contributed by atoms with E-state index in [9.17, 15) is 0 Å². The third-order valence-electron chi connectivity index (χ3n) is 6.07. The van der Waals surface area contributed by atoms with E-state index in [1.165, 1.54) is 68.5 Å². The van der Waals surface area contributed by atoms with Crippen LogP contribution in [0.4, 0.5) is 0 Å². The van der Waals surface area contributed by atoms with Crippen molar-refractivity contribution in [3.05, 3.63) is 41.5 Å². The van der Waals surface area contributed by atoms with Crippen LogP contribution in [0.15, 0.2) is 35.9 Å². The number of benzene rings is 1. The first kappa shape index (κ1) is 17.5. The van der Waals surface area contributed by atoms with Gasteiger partial charge in [0.2, 0.25) is 0 Å². The molecule has 1 saturated heterocycles. The Hall–Kier alpha value is -1.32. The van der Waals surface area contributed by atoms with E-state index in [1.807, 2.05) is 0 Å². The minimum Gasteiger partial charge on any atom is -0.497 e. The van der Waals surface area contributed by atoms with Gasteiger partial charge in [-0.25, -0.2) is 0 Å². The lowest BCUT2D eigenvalue weighted by atomic mass is 9.88. The van der Waals surface area contributed by atoms with Crippen molar-refractivity contribution in [3.63, 3.8) is 0 Å². The first-order valence-electron chi connectivity index (χ1n) is 9.56. The van der Waals surface area contributed by atoms with Crippen LogP contribution in [0.1, 0.15) is 44.2 Å². The summed E-state index contributed by atoms with van der Waals surface area (Å²) in [4.78, 5) is 2.71. The van der Waals surface area contributed by atoms with Gasteiger partial charge < -0.3 is 9.22 Å². The van der Waals surface area contributed by atoms with Gasteiger partial charge in [-0.05, 0) is 50.3 Å². The van der Waals surface area contributed by atoms with Crippen LogP contribution in [0.3, 0.4) is 0 Å². The monoisotopic (exact) mass is 329 g/mol. The van der Waals surface area contributed by atoms with Crippen molar-refractivity contribution in [1.82, 2.24) is 4.90 Å². The highest BCUT2D eigenvalue weighted by Gasteiger charge is 2.33. The molecule has 3 rings (SSSR count). The molecule has 0 aromatic heterocycles. The maximum absolute atomic E-state index is 5.49. The van der Waals surface area contributed by atoms with Crippen molar-refractivity contribution in [2.45, 2.75) is 38.6 Å². The van der Waals surface area contributed by atoms with E-state index in [1.54, 1.807) is 12.7 Å². The molecule has 132 valence electrons. The van der Waals surface area contributed by atoms with Crippen LogP contribution in [0.5, 0.6) is 5.75 Å². The molecule has 0 amide bonds. The highest BCUT2D eigenvalue weighted by atomic mass is 16.5. The van der Waals surface area contributed by atoms with Crippen LogP contribution in [0, 0.1) is 0 Å². The molecule has 24 heavy (non-hydrogen) atoms. The van der Waals surface area contributed by atoms with Crippen molar-refractivity contribution < 1.29 is 9.22 Å². The van der Waals surface area contributed by atoms with Crippen molar-refractivity contribution in [2.24, 2.45) is 0 Å². The summed E-state index contributed by atoms with van der Waals surface area (Å²) in [7, 11) is 4.16. The van der Waals surface area contributed by atoms with E-state index in [2.05, 4.69) is 49.2 Å². The molecule has 0 saturated carbocycles. The number of piperazine rings is 1. The summed E-state index contributed by atoms with van der Waals surface area (Å²) in [5.41, 5.74) is 3.03. The molecule has 1 aromatic carbocycles. The Morgan fingerprint density at radius 3 is 2.62 bits per heavy atom. The molecule has 1 aliphatic carbocycles. The maximum atomic E-state index is 5.49. The zero-order valence-electron chi connectivity index (χ0n) is 15.6. The number of quaternary nitrogens is 1. The fraction of sp³-hybridized carbons (Fsp3) is 0.619. The van der Waals surface area contributed by atoms with Gasteiger partial charge in [-0.3, -0.25) is 4.90 Å². The zero-order valence-corrected chi connectivity index (χ0v) is 15.6. The van der Waals surface area contributed by atoms with E-state index >= 15 is 0 Å². The average molecular weight is 330 g/mol.